The number of nitrogens with zero attached hydrogens (tertiary/aromatic N) is 2. The summed E-state index contributed by atoms with van der Waals surface area (Å²) in [6.45, 7) is 2.04. The minimum atomic E-state index is -0.178. The number of rotatable bonds is 6. The fourth-order valence-electron chi connectivity index (χ4n) is 2.35. The van der Waals surface area contributed by atoms with Crippen LogP contribution in [0.2, 0.25) is 0 Å². The van der Waals surface area contributed by atoms with Crippen LogP contribution in [-0.4, -0.2) is 22.4 Å². The van der Waals surface area contributed by atoms with Crippen molar-refractivity contribution < 1.29 is 9.21 Å². The van der Waals surface area contributed by atoms with E-state index in [9.17, 15) is 4.79 Å². The lowest BCUT2D eigenvalue weighted by Crippen LogP contribution is -2.14. The first-order chi connectivity index (χ1) is 12.1. The summed E-state index contributed by atoms with van der Waals surface area (Å²) in [7, 11) is 0. The van der Waals surface area contributed by atoms with E-state index < -0.39 is 0 Å². The number of benzene rings is 2. The molecule has 0 atom stereocenters. The number of aryl methyl sites for hydroxylation is 1. The largest absolute Gasteiger partial charge is 0.407 e. The molecule has 1 amide bonds. The molecule has 2 aromatic carbocycles. The molecule has 0 saturated carbocycles. The van der Waals surface area contributed by atoms with Crippen LogP contribution in [0.15, 0.2) is 57.8 Å². The van der Waals surface area contributed by atoms with Gasteiger partial charge in [-0.3, -0.25) is 10.1 Å². The Hall–Kier alpha value is -2.60. The van der Waals surface area contributed by atoms with Crippen LogP contribution in [0, 0.1) is 6.92 Å². The van der Waals surface area contributed by atoms with Crippen LogP contribution in [0.1, 0.15) is 22.6 Å². The molecule has 3 rings (SSSR count). The molecule has 0 unspecified atom stereocenters. The van der Waals surface area contributed by atoms with Gasteiger partial charge in [-0.05, 0) is 36.4 Å². The molecule has 0 aliphatic heterocycles. The van der Waals surface area contributed by atoms with Gasteiger partial charge in [0, 0.05) is 4.90 Å². The summed E-state index contributed by atoms with van der Waals surface area (Å²) in [5, 5.41) is 10.5. The van der Waals surface area contributed by atoms with Gasteiger partial charge in [0.25, 0.3) is 0 Å². The molecule has 6 heteroatoms. The molecule has 1 N–H and O–H groups in total. The van der Waals surface area contributed by atoms with Crippen molar-refractivity contribution in [2.75, 3.05) is 11.6 Å². The predicted molar refractivity (Wildman–Crippen MR) is 98.8 cm³/mol. The highest BCUT2D eigenvalue weighted by Gasteiger charge is 2.11. The van der Waals surface area contributed by atoms with Gasteiger partial charge in [-0.1, -0.05) is 47.1 Å². The highest BCUT2D eigenvalue weighted by Crippen LogP contribution is 2.16. The third-order valence-corrected chi connectivity index (χ3v) is 4.46. The van der Waals surface area contributed by atoms with Crippen molar-refractivity contribution in [2.24, 2.45) is 0 Å². The van der Waals surface area contributed by atoms with Crippen molar-refractivity contribution >= 4 is 23.7 Å². The first-order valence-electron chi connectivity index (χ1n) is 7.93. The van der Waals surface area contributed by atoms with Gasteiger partial charge < -0.3 is 4.42 Å². The summed E-state index contributed by atoms with van der Waals surface area (Å²) in [5.74, 6) is 0.297. The Kier molecular flexibility index (Phi) is 5.50. The third kappa shape index (κ3) is 4.93. The number of nitrogens with one attached hydrogen (secondary N) is 1. The molecular formula is C19H19N3O2S. The number of thioether (sulfide) groups is 1. The van der Waals surface area contributed by atoms with E-state index in [-0.39, 0.29) is 18.3 Å². The quantitative estimate of drug-likeness (QED) is 0.681. The van der Waals surface area contributed by atoms with Gasteiger partial charge in [0.2, 0.25) is 11.8 Å². The highest BCUT2D eigenvalue weighted by atomic mass is 32.2. The second-order valence-electron chi connectivity index (χ2n) is 5.74. The minimum Gasteiger partial charge on any atom is -0.407 e. The molecule has 0 fully saturated rings. The molecule has 0 aliphatic rings. The van der Waals surface area contributed by atoms with E-state index in [4.69, 9.17) is 4.42 Å². The van der Waals surface area contributed by atoms with Gasteiger partial charge in [0.15, 0.2) is 0 Å². The SMILES string of the molecule is CSc1ccc(CC(=O)Nc2nnc(Cc3ccc(C)cc3)o2)cc1. The number of anilines is 1. The Bertz CT molecular complexity index is 842. The van der Waals surface area contributed by atoms with Crippen LogP contribution in [0.3, 0.4) is 0 Å². The molecule has 25 heavy (non-hydrogen) atoms. The number of amides is 1. The monoisotopic (exact) mass is 353 g/mol. The lowest BCUT2D eigenvalue weighted by molar-refractivity contribution is -0.115. The molecule has 1 aromatic heterocycles. The lowest BCUT2D eigenvalue weighted by Gasteiger charge is -2.02. The average molecular weight is 353 g/mol. The van der Waals surface area contributed by atoms with Gasteiger partial charge in [0.05, 0.1) is 12.8 Å². The third-order valence-electron chi connectivity index (χ3n) is 3.71. The van der Waals surface area contributed by atoms with E-state index in [1.54, 1.807) is 11.8 Å². The summed E-state index contributed by atoms with van der Waals surface area (Å²) in [4.78, 5) is 13.3. The maximum absolute atomic E-state index is 12.1. The molecule has 128 valence electrons. The van der Waals surface area contributed by atoms with Crippen LogP contribution in [0.4, 0.5) is 6.01 Å². The van der Waals surface area contributed by atoms with Crippen molar-refractivity contribution in [3.05, 3.63) is 71.1 Å². The van der Waals surface area contributed by atoms with Crippen molar-refractivity contribution in [3.63, 3.8) is 0 Å². The van der Waals surface area contributed by atoms with E-state index in [1.165, 1.54) is 10.5 Å². The maximum Gasteiger partial charge on any atom is 0.322 e. The molecule has 0 saturated heterocycles. The van der Waals surface area contributed by atoms with E-state index >= 15 is 0 Å². The first-order valence-corrected chi connectivity index (χ1v) is 9.15. The Balaban J connectivity index is 1.56. The Morgan fingerprint density at radius 2 is 1.72 bits per heavy atom. The fraction of sp³-hybridized carbons (Fsp3) is 0.211. The molecular weight excluding hydrogens is 334 g/mol. The Labute approximate surface area is 150 Å². The summed E-state index contributed by atoms with van der Waals surface area (Å²) >= 11 is 1.67. The predicted octanol–water partition coefficient (Wildman–Crippen LogP) is 3.87. The number of aromatic nitrogens is 2. The van der Waals surface area contributed by atoms with Crippen molar-refractivity contribution in [3.8, 4) is 0 Å². The lowest BCUT2D eigenvalue weighted by atomic mass is 10.1. The second-order valence-corrected chi connectivity index (χ2v) is 6.62. The van der Waals surface area contributed by atoms with Crippen LogP contribution < -0.4 is 5.32 Å². The van der Waals surface area contributed by atoms with E-state index in [1.807, 2.05) is 61.7 Å². The number of hydrogen-bond acceptors (Lipinski definition) is 5. The maximum atomic E-state index is 12.1. The van der Waals surface area contributed by atoms with E-state index in [0.717, 1.165) is 11.1 Å². The van der Waals surface area contributed by atoms with Gasteiger partial charge in [-0.25, -0.2) is 0 Å². The summed E-state index contributed by atoms with van der Waals surface area (Å²) in [6.07, 6.45) is 2.83. The Morgan fingerprint density at radius 1 is 1.04 bits per heavy atom. The van der Waals surface area contributed by atoms with Gasteiger partial charge in [0.1, 0.15) is 0 Å². The molecule has 0 spiro atoms. The molecule has 1 heterocycles. The molecule has 0 radical (unpaired) electrons. The van der Waals surface area contributed by atoms with Crippen molar-refractivity contribution in [1.29, 1.82) is 0 Å². The minimum absolute atomic E-state index is 0.132. The number of carbonyl (C=O) groups excluding carboxylic acids is 1. The number of hydrogen-bond donors (Lipinski definition) is 1. The summed E-state index contributed by atoms with van der Waals surface area (Å²) in [6, 6.07) is 16.1. The zero-order valence-corrected chi connectivity index (χ0v) is 15.0. The average Bonchev–Trinajstić information content (AvgIpc) is 3.04. The topological polar surface area (TPSA) is 68.0 Å². The van der Waals surface area contributed by atoms with E-state index in [2.05, 4.69) is 15.5 Å². The molecule has 5 nitrogen and oxygen atoms in total. The van der Waals surface area contributed by atoms with Crippen molar-refractivity contribution in [2.45, 2.75) is 24.7 Å². The van der Waals surface area contributed by atoms with Crippen LogP contribution in [0.5, 0.6) is 0 Å². The smallest absolute Gasteiger partial charge is 0.322 e. The molecule has 0 bridgehead atoms. The second kappa shape index (κ2) is 7.98. The van der Waals surface area contributed by atoms with Crippen molar-refractivity contribution in [1.82, 2.24) is 10.2 Å². The zero-order valence-electron chi connectivity index (χ0n) is 14.2. The van der Waals surface area contributed by atoms with E-state index in [0.29, 0.717) is 12.3 Å². The van der Waals surface area contributed by atoms with Crippen LogP contribution in [0.25, 0.3) is 0 Å². The number of carbonyl (C=O) groups is 1. The highest BCUT2D eigenvalue weighted by molar-refractivity contribution is 7.98. The van der Waals surface area contributed by atoms with Gasteiger partial charge in [-0.2, -0.15) is 0 Å². The standard InChI is InChI=1S/C19H19N3O2S/c1-13-3-5-15(6-4-13)12-18-21-22-19(24-18)20-17(23)11-14-7-9-16(25-2)10-8-14/h3-10H,11-12H2,1-2H3,(H,20,22,23). The van der Waals surface area contributed by atoms with Gasteiger partial charge >= 0.3 is 6.01 Å². The van der Waals surface area contributed by atoms with Crippen LogP contribution in [-0.2, 0) is 17.6 Å². The fourth-order valence-corrected chi connectivity index (χ4v) is 2.76. The zero-order chi connectivity index (χ0) is 17.6. The normalized spacial score (nSPS) is 10.6. The van der Waals surface area contributed by atoms with Crippen LogP contribution >= 0.6 is 11.8 Å². The Morgan fingerprint density at radius 3 is 2.40 bits per heavy atom. The molecule has 3 aromatic rings. The summed E-state index contributed by atoms with van der Waals surface area (Å²) in [5.41, 5.74) is 3.23. The molecule has 0 aliphatic carbocycles. The first kappa shape index (κ1) is 17.2. The summed E-state index contributed by atoms with van der Waals surface area (Å²) < 4.78 is 5.51. The van der Waals surface area contributed by atoms with Gasteiger partial charge in [-0.15, -0.1) is 16.9 Å².